The molecule has 0 radical (unpaired) electrons. The molecule has 0 aliphatic carbocycles. The number of carbonyl (C=O) groups is 1. The first-order valence-electron chi connectivity index (χ1n) is 4.38. The molecule has 0 fully saturated rings. The van der Waals surface area contributed by atoms with Crippen LogP contribution in [-0.2, 0) is 0 Å². The summed E-state index contributed by atoms with van der Waals surface area (Å²) in [5.74, 6) is -0.943. The normalized spacial score (nSPS) is 10.5. The van der Waals surface area contributed by atoms with Crippen LogP contribution in [-0.4, -0.2) is 16.1 Å². The van der Waals surface area contributed by atoms with Crippen LogP contribution >= 0.6 is 15.9 Å². The fraction of sp³-hybridized carbons (Fsp3) is 0.0909. The van der Waals surface area contributed by atoms with Gasteiger partial charge >= 0.3 is 5.97 Å². The van der Waals surface area contributed by atoms with Crippen molar-refractivity contribution >= 4 is 32.8 Å². The summed E-state index contributed by atoms with van der Waals surface area (Å²) in [5, 5.41) is 9.81. The van der Waals surface area contributed by atoms with Crippen molar-refractivity contribution in [2.75, 3.05) is 0 Å². The molecule has 0 atom stereocenters. The minimum Gasteiger partial charge on any atom is -0.478 e. The van der Waals surface area contributed by atoms with Crippen molar-refractivity contribution in [3.05, 3.63) is 40.0 Å². The van der Waals surface area contributed by atoms with Crippen molar-refractivity contribution in [1.29, 1.82) is 0 Å². The zero-order chi connectivity index (χ0) is 11.0. The maximum atomic E-state index is 10.9. The minimum atomic E-state index is -0.943. The fourth-order valence-electron chi connectivity index (χ4n) is 1.54. The SMILES string of the molecule is Cc1c(C(=O)O)cnc2c(Br)cccc12. The largest absolute Gasteiger partial charge is 0.478 e. The second-order valence-corrected chi connectivity index (χ2v) is 4.09. The molecule has 1 heterocycles. The summed E-state index contributed by atoms with van der Waals surface area (Å²) in [6, 6.07) is 5.62. The summed E-state index contributed by atoms with van der Waals surface area (Å²) in [6.07, 6.45) is 1.39. The van der Waals surface area contributed by atoms with E-state index in [9.17, 15) is 4.79 Å². The molecular weight excluding hydrogens is 258 g/mol. The molecule has 2 rings (SSSR count). The maximum absolute atomic E-state index is 10.9. The maximum Gasteiger partial charge on any atom is 0.337 e. The van der Waals surface area contributed by atoms with E-state index in [0.29, 0.717) is 0 Å². The monoisotopic (exact) mass is 265 g/mol. The van der Waals surface area contributed by atoms with Gasteiger partial charge in [0, 0.05) is 16.1 Å². The topological polar surface area (TPSA) is 50.2 Å². The summed E-state index contributed by atoms with van der Waals surface area (Å²) in [7, 11) is 0. The molecule has 2 aromatic rings. The number of benzene rings is 1. The van der Waals surface area contributed by atoms with Crippen LogP contribution in [0.15, 0.2) is 28.9 Å². The van der Waals surface area contributed by atoms with Crippen LogP contribution < -0.4 is 0 Å². The lowest BCUT2D eigenvalue weighted by atomic mass is 10.1. The molecule has 15 heavy (non-hydrogen) atoms. The zero-order valence-electron chi connectivity index (χ0n) is 7.99. The molecule has 0 saturated carbocycles. The predicted molar refractivity (Wildman–Crippen MR) is 61.1 cm³/mol. The van der Waals surface area contributed by atoms with Crippen molar-refractivity contribution < 1.29 is 9.90 Å². The number of nitrogens with zero attached hydrogens (tertiary/aromatic N) is 1. The molecule has 1 aromatic carbocycles. The second-order valence-electron chi connectivity index (χ2n) is 3.24. The average Bonchev–Trinajstić information content (AvgIpc) is 2.19. The molecule has 0 amide bonds. The van der Waals surface area contributed by atoms with Crippen LogP contribution in [0.25, 0.3) is 10.9 Å². The van der Waals surface area contributed by atoms with Crippen LogP contribution in [0.1, 0.15) is 15.9 Å². The Hall–Kier alpha value is -1.42. The van der Waals surface area contributed by atoms with Crippen molar-refractivity contribution in [2.45, 2.75) is 6.92 Å². The summed E-state index contributed by atoms with van der Waals surface area (Å²) in [5.41, 5.74) is 1.79. The Labute approximate surface area is 94.9 Å². The van der Waals surface area contributed by atoms with E-state index in [0.717, 1.165) is 20.9 Å². The Kier molecular flexibility index (Phi) is 2.44. The highest BCUT2D eigenvalue weighted by Crippen LogP contribution is 2.25. The number of carboxylic acids is 1. The Bertz CT molecular complexity index is 552. The van der Waals surface area contributed by atoms with E-state index < -0.39 is 5.97 Å². The lowest BCUT2D eigenvalue weighted by Gasteiger charge is -2.05. The molecule has 0 saturated heterocycles. The van der Waals surface area contributed by atoms with E-state index in [-0.39, 0.29) is 5.56 Å². The van der Waals surface area contributed by atoms with Gasteiger partial charge in [0.2, 0.25) is 0 Å². The van der Waals surface area contributed by atoms with Crippen LogP contribution in [0.5, 0.6) is 0 Å². The summed E-state index contributed by atoms with van der Waals surface area (Å²) in [6.45, 7) is 1.79. The van der Waals surface area contributed by atoms with Crippen molar-refractivity contribution in [1.82, 2.24) is 4.98 Å². The number of rotatable bonds is 1. The first-order valence-corrected chi connectivity index (χ1v) is 5.17. The number of para-hydroxylation sites is 1. The number of halogens is 1. The number of aryl methyl sites for hydroxylation is 1. The van der Waals surface area contributed by atoms with E-state index >= 15 is 0 Å². The van der Waals surface area contributed by atoms with E-state index in [2.05, 4.69) is 20.9 Å². The third-order valence-corrected chi connectivity index (χ3v) is 2.99. The van der Waals surface area contributed by atoms with E-state index in [1.54, 1.807) is 6.92 Å². The molecule has 1 N–H and O–H groups in total. The summed E-state index contributed by atoms with van der Waals surface area (Å²) in [4.78, 5) is 15.0. The number of aromatic carboxylic acids is 1. The molecule has 0 unspecified atom stereocenters. The van der Waals surface area contributed by atoms with Crippen LogP contribution in [0, 0.1) is 6.92 Å². The number of hydrogen-bond donors (Lipinski definition) is 1. The Morgan fingerprint density at radius 1 is 1.47 bits per heavy atom. The number of aromatic nitrogens is 1. The van der Waals surface area contributed by atoms with Gasteiger partial charge in [-0.15, -0.1) is 0 Å². The Morgan fingerprint density at radius 2 is 2.20 bits per heavy atom. The highest BCUT2D eigenvalue weighted by molar-refractivity contribution is 9.10. The quantitative estimate of drug-likeness (QED) is 0.863. The second kappa shape index (κ2) is 3.62. The fourth-order valence-corrected chi connectivity index (χ4v) is 2.00. The van der Waals surface area contributed by atoms with Gasteiger partial charge in [0.05, 0.1) is 11.1 Å². The predicted octanol–water partition coefficient (Wildman–Crippen LogP) is 3.00. The standard InChI is InChI=1S/C11H8BrNO2/c1-6-7-3-2-4-9(12)10(7)13-5-8(6)11(14)15/h2-5H,1H3,(H,14,15). The van der Waals surface area contributed by atoms with Gasteiger partial charge in [0.25, 0.3) is 0 Å². The van der Waals surface area contributed by atoms with Gasteiger partial charge in [-0.05, 0) is 34.5 Å². The van der Waals surface area contributed by atoms with E-state index in [1.807, 2.05) is 18.2 Å². The van der Waals surface area contributed by atoms with Gasteiger partial charge in [-0.25, -0.2) is 4.79 Å². The molecular formula is C11H8BrNO2. The summed E-state index contributed by atoms with van der Waals surface area (Å²) >= 11 is 3.38. The lowest BCUT2D eigenvalue weighted by molar-refractivity contribution is 0.0696. The van der Waals surface area contributed by atoms with Gasteiger partial charge in [0.15, 0.2) is 0 Å². The first-order chi connectivity index (χ1) is 7.11. The zero-order valence-corrected chi connectivity index (χ0v) is 9.58. The molecule has 0 spiro atoms. The summed E-state index contributed by atoms with van der Waals surface area (Å²) < 4.78 is 0.875. The Balaban J connectivity index is 2.86. The van der Waals surface area contributed by atoms with Crippen LogP contribution in [0.4, 0.5) is 0 Å². The molecule has 0 aliphatic rings. The van der Waals surface area contributed by atoms with Crippen molar-refractivity contribution in [3.8, 4) is 0 Å². The molecule has 76 valence electrons. The van der Waals surface area contributed by atoms with E-state index in [4.69, 9.17) is 5.11 Å². The molecule has 4 heteroatoms. The van der Waals surface area contributed by atoms with E-state index in [1.165, 1.54) is 6.20 Å². The highest BCUT2D eigenvalue weighted by Gasteiger charge is 2.11. The van der Waals surface area contributed by atoms with Gasteiger partial charge in [0.1, 0.15) is 0 Å². The lowest BCUT2D eigenvalue weighted by Crippen LogP contribution is -2.01. The molecule has 0 bridgehead atoms. The molecule has 3 nitrogen and oxygen atoms in total. The number of fused-ring (bicyclic) bond motifs is 1. The van der Waals surface area contributed by atoms with Gasteiger partial charge in [-0.1, -0.05) is 12.1 Å². The smallest absolute Gasteiger partial charge is 0.337 e. The van der Waals surface area contributed by atoms with Crippen molar-refractivity contribution in [3.63, 3.8) is 0 Å². The Morgan fingerprint density at radius 3 is 2.87 bits per heavy atom. The highest BCUT2D eigenvalue weighted by atomic mass is 79.9. The minimum absolute atomic E-state index is 0.251. The number of carboxylic acid groups (broad SMARTS) is 1. The molecule has 1 aromatic heterocycles. The van der Waals surface area contributed by atoms with Gasteiger partial charge in [-0.3, -0.25) is 4.98 Å². The third-order valence-electron chi connectivity index (χ3n) is 2.35. The van der Waals surface area contributed by atoms with Crippen LogP contribution in [0.3, 0.4) is 0 Å². The van der Waals surface area contributed by atoms with Crippen LogP contribution in [0.2, 0.25) is 0 Å². The average molecular weight is 266 g/mol. The van der Waals surface area contributed by atoms with Gasteiger partial charge in [-0.2, -0.15) is 0 Å². The number of pyridine rings is 1. The van der Waals surface area contributed by atoms with Crippen molar-refractivity contribution in [2.24, 2.45) is 0 Å². The third kappa shape index (κ3) is 1.61. The van der Waals surface area contributed by atoms with Gasteiger partial charge < -0.3 is 5.11 Å². The number of hydrogen-bond acceptors (Lipinski definition) is 2. The first kappa shape index (κ1) is 10.1. The molecule has 0 aliphatic heterocycles.